The number of likely N-dealkylation sites (tertiary alicyclic amines) is 1. The standard InChI is InChI=1S/C14H24N2O2/c1-13(2,3)18-12(17)16-7-10-11(8-16)15-9-14(10)5-4-6-14/h10-11,15H,4-9H2,1-3H3. The highest BCUT2D eigenvalue weighted by molar-refractivity contribution is 5.68. The molecular formula is C14H24N2O2. The van der Waals surface area contributed by atoms with Crippen molar-refractivity contribution >= 4 is 6.09 Å². The van der Waals surface area contributed by atoms with Gasteiger partial charge in [0.2, 0.25) is 0 Å². The maximum absolute atomic E-state index is 12.1. The Kier molecular flexibility index (Phi) is 2.63. The van der Waals surface area contributed by atoms with Gasteiger partial charge < -0.3 is 15.0 Å². The van der Waals surface area contributed by atoms with E-state index in [1.807, 2.05) is 25.7 Å². The lowest BCUT2D eigenvalue weighted by Gasteiger charge is -2.42. The van der Waals surface area contributed by atoms with E-state index in [-0.39, 0.29) is 6.09 Å². The molecule has 3 fully saturated rings. The third-order valence-electron chi connectivity index (χ3n) is 4.82. The van der Waals surface area contributed by atoms with Crippen molar-refractivity contribution < 1.29 is 9.53 Å². The molecule has 3 rings (SSSR count). The van der Waals surface area contributed by atoms with Gasteiger partial charge in [-0.05, 0) is 39.0 Å². The van der Waals surface area contributed by atoms with E-state index in [1.54, 1.807) is 0 Å². The van der Waals surface area contributed by atoms with Crippen LogP contribution in [0.15, 0.2) is 0 Å². The van der Waals surface area contributed by atoms with Crippen molar-refractivity contribution in [3.8, 4) is 0 Å². The number of amides is 1. The normalized spacial score (nSPS) is 33.4. The zero-order valence-electron chi connectivity index (χ0n) is 11.7. The van der Waals surface area contributed by atoms with E-state index in [4.69, 9.17) is 4.74 Å². The first-order valence-electron chi connectivity index (χ1n) is 7.11. The summed E-state index contributed by atoms with van der Waals surface area (Å²) in [6.45, 7) is 8.63. The fourth-order valence-corrected chi connectivity index (χ4v) is 3.75. The Hall–Kier alpha value is -0.770. The summed E-state index contributed by atoms with van der Waals surface area (Å²) in [6, 6.07) is 0.498. The number of nitrogens with one attached hydrogen (secondary N) is 1. The predicted molar refractivity (Wildman–Crippen MR) is 69.4 cm³/mol. The zero-order chi connectivity index (χ0) is 13.0. The molecule has 4 nitrogen and oxygen atoms in total. The van der Waals surface area contributed by atoms with Gasteiger partial charge in [-0.25, -0.2) is 4.79 Å². The van der Waals surface area contributed by atoms with E-state index < -0.39 is 5.60 Å². The van der Waals surface area contributed by atoms with Crippen molar-refractivity contribution in [3.05, 3.63) is 0 Å². The van der Waals surface area contributed by atoms with Crippen LogP contribution in [0.1, 0.15) is 40.0 Å². The fourth-order valence-electron chi connectivity index (χ4n) is 3.75. The monoisotopic (exact) mass is 252 g/mol. The molecule has 1 N–H and O–H groups in total. The molecule has 102 valence electrons. The third-order valence-corrected chi connectivity index (χ3v) is 4.82. The van der Waals surface area contributed by atoms with Gasteiger partial charge in [0.1, 0.15) is 5.60 Å². The molecule has 3 aliphatic rings. The molecule has 0 radical (unpaired) electrons. The predicted octanol–water partition coefficient (Wildman–Crippen LogP) is 2.00. The van der Waals surface area contributed by atoms with Gasteiger partial charge in [-0.2, -0.15) is 0 Å². The van der Waals surface area contributed by atoms with Gasteiger partial charge in [-0.1, -0.05) is 6.42 Å². The molecule has 2 unspecified atom stereocenters. The highest BCUT2D eigenvalue weighted by atomic mass is 16.6. The lowest BCUT2D eigenvalue weighted by atomic mass is 9.62. The molecular weight excluding hydrogens is 228 g/mol. The van der Waals surface area contributed by atoms with E-state index in [0.717, 1.165) is 19.6 Å². The first-order chi connectivity index (χ1) is 8.40. The van der Waals surface area contributed by atoms with E-state index >= 15 is 0 Å². The van der Waals surface area contributed by atoms with Crippen molar-refractivity contribution in [2.45, 2.75) is 51.7 Å². The molecule has 2 aliphatic heterocycles. The fraction of sp³-hybridized carbons (Fsp3) is 0.929. The van der Waals surface area contributed by atoms with Crippen LogP contribution in [0.5, 0.6) is 0 Å². The Morgan fingerprint density at radius 2 is 2.06 bits per heavy atom. The molecule has 1 amide bonds. The van der Waals surface area contributed by atoms with Crippen molar-refractivity contribution in [2.24, 2.45) is 11.3 Å². The van der Waals surface area contributed by atoms with Crippen LogP contribution >= 0.6 is 0 Å². The van der Waals surface area contributed by atoms with E-state index in [2.05, 4.69) is 5.32 Å². The Labute approximate surface area is 109 Å². The molecule has 1 spiro atoms. The van der Waals surface area contributed by atoms with Crippen LogP contribution in [0.25, 0.3) is 0 Å². The van der Waals surface area contributed by atoms with E-state index in [1.165, 1.54) is 19.3 Å². The smallest absolute Gasteiger partial charge is 0.410 e. The lowest BCUT2D eigenvalue weighted by Crippen LogP contribution is -2.42. The first-order valence-corrected chi connectivity index (χ1v) is 7.11. The van der Waals surface area contributed by atoms with E-state index in [0.29, 0.717) is 17.4 Å². The second kappa shape index (κ2) is 3.86. The van der Waals surface area contributed by atoms with Crippen LogP contribution in [-0.4, -0.2) is 42.3 Å². The van der Waals surface area contributed by atoms with Crippen LogP contribution in [-0.2, 0) is 4.74 Å². The van der Waals surface area contributed by atoms with E-state index in [9.17, 15) is 4.79 Å². The van der Waals surface area contributed by atoms with Gasteiger partial charge in [0, 0.05) is 31.6 Å². The summed E-state index contributed by atoms with van der Waals surface area (Å²) in [6.07, 6.45) is 3.89. The first kappa shape index (κ1) is 12.3. The average molecular weight is 252 g/mol. The minimum atomic E-state index is -0.392. The molecule has 0 aromatic rings. The quantitative estimate of drug-likeness (QED) is 0.717. The number of rotatable bonds is 0. The third kappa shape index (κ3) is 1.91. The van der Waals surface area contributed by atoms with Crippen molar-refractivity contribution in [1.82, 2.24) is 10.2 Å². The lowest BCUT2D eigenvalue weighted by molar-refractivity contribution is 0.0236. The number of carbonyl (C=O) groups excluding carboxylic acids is 1. The van der Waals surface area contributed by atoms with Gasteiger partial charge in [-0.15, -0.1) is 0 Å². The van der Waals surface area contributed by atoms with Crippen LogP contribution in [0.3, 0.4) is 0 Å². The summed E-state index contributed by atoms with van der Waals surface area (Å²) in [5, 5.41) is 3.61. The minimum Gasteiger partial charge on any atom is -0.444 e. The molecule has 2 atom stereocenters. The molecule has 0 aromatic heterocycles. The second-order valence-electron chi connectivity index (χ2n) is 7.20. The van der Waals surface area contributed by atoms with Crippen molar-refractivity contribution in [2.75, 3.05) is 19.6 Å². The Morgan fingerprint density at radius 1 is 1.33 bits per heavy atom. The zero-order valence-corrected chi connectivity index (χ0v) is 11.7. The van der Waals surface area contributed by atoms with Crippen molar-refractivity contribution in [1.29, 1.82) is 0 Å². The highest BCUT2D eigenvalue weighted by Gasteiger charge is 2.55. The van der Waals surface area contributed by atoms with Gasteiger partial charge >= 0.3 is 6.09 Å². The van der Waals surface area contributed by atoms with Crippen LogP contribution in [0, 0.1) is 11.3 Å². The molecule has 2 saturated heterocycles. The number of hydrogen-bond acceptors (Lipinski definition) is 3. The second-order valence-corrected chi connectivity index (χ2v) is 7.20. The topological polar surface area (TPSA) is 41.6 Å². The molecule has 1 aliphatic carbocycles. The average Bonchev–Trinajstić information content (AvgIpc) is 2.68. The summed E-state index contributed by atoms with van der Waals surface area (Å²) in [7, 11) is 0. The van der Waals surface area contributed by atoms with Crippen LogP contribution in [0.2, 0.25) is 0 Å². The molecule has 4 heteroatoms. The summed E-state index contributed by atoms with van der Waals surface area (Å²) in [5.74, 6) is 0.652. The van der Waals surface area contributed by atoms with Crippen molar-refractivity contribution in [3.63, 3.8) is 0 Å². The largest absolute Gasteiger partial charge is 0.444 e. The SMILES string of the molecule is CC(C)(C)OC(=O)N1CC2NCC3(CCC3)C2C1. The molecule has 0 bridgehead atoms. The number of carbonyl (C=O) groups is 1. The number of hydrogen-bond donors (Lipinski definition) is 1. The highest BCUT2D eigenvalue weighted by Crippen LogP contribution is 2.53. The Morgan fingerprint density at radius 3 is 2.61 bits per heavy atom. The van der Waals surface area contributed by atoms with Gasteiger partial charge in [0.25, 0.3) is 0 Å². The van der Waals surface area contributed by atoms with Crippen LogP contribution < -0.4 is 5.32 Å². The molecule has 1 saturated carbocycles. The van der Waals surface area contributed by atoms with Gasteiger partial charge in [-0.3, -0.25) is 0 Å². The molecule has 2 heterocycles. The maximum atomic E-state index is 12.1. The van der Waals surface area contributed by atoms with Gasteiger partial charge in [0.05, 0.1) is 0 Å². The number of ether oxygens (including phenoxy) is 1. The number of nitrogens with zero attached hydrogens (tertiary/aromatic N) is 1. The van der Waals surface area contributed by atoms with Crippen LogP contribution in [0.4, 0.5) is 4.79 Å². The summed E-state index contributed by atoms with van der Waals surface area (Å²) in [4.78, 5) is 14.0. The minimum absolute atomic E-state index is 0.145. The molecule has 0 aromatic carbocycles. The van der Waals surface area contributed by atoms with Gasteiger partial charge in [0.15, 0.2) is 0 Å². The summed E-state index contributed by atoms with van der Waals surface area (Å²) in [5.41, 5.74) is 0.109. The Balaban J connectivity index is 1.64. The molecule has 18 heavy (non-hydrogen) atoms. The summed E-state index contributed by atoms with van der Waals surface area (Å²) >= 11 is 0. The maximum Gasteiger partial charge on any atom is 0.410 e. The summed E-state index contributed by atoms with van der Waals surface area (Å²) < 4.78 is 5.47. The number of fused-ring (bicyclic) bond motifs is 2. The Bertz CT molecular complexity index is 357.